The maximum absolute atomic E-state index is 13.7. The molecule has 3 aliphatic rings. The van der Waals surface area contributed by atoms with E-state index in [0.717, 1.165) is 4.90 Å². The largest absolute Gasteiger partial charge is 0.323 e. The number of rotatable bonds is 3. The van der Waals surface area contributed by atoms with E-state index in [-0.39, 0.29) is 36.1 Å². The van der Waals surface area contributed by atoms with Crippen LogP contribution in [0.1, 0.15) is 40.0 Å². The first kappa shape index (κ1) is 15.4. The molecule has 9 heteroatoms. The summed E-state index contributed by atoms with van der Waals surface area (Å²) in [6, 6.07) is 2.81. The first-order chi connectivity index (χ1) is 11.8. The molecule has 8 nitrogen and oxygen atoms in total. The molecule has 0 aromatic heterocycles. The molecule has 2 aliphatic heterocycles. The number of hydrogen-bond donors (Lipinski definition) is 2. The maximum Gasteiger partial charge on any atom is 0.262 e. The fraction of sp³-hybridized carbons (Fsp3) is 0.312. The lowest BCUT2D eigenvalue weighted by Crippen LogP contribution is -2.44. The summed E-state index contributed by atoms with van der Waals surface area (Å²) in [5.41, 5.74) is -1.62. The van der Waals surface area contributed by atoms with Crippen molar-refractivity contribution < 1.29 is 28.4 Å². The van der Waals surface area contributed by atoms with E-state index in [9.17, 15) is 28.4 Å². The fourth-order valence-corrected chi connectivity index (χ4v) is 2.95. The van der Waals surface area contributed by atoms with Crippen LogP contribution in [0.15, 0.2) is 18.2 Å². The first-order valence-electron chi connectivity index (χ1n) is 7.66. The second-order valence-electron chi connectivity index (χ2n) is 6.29. The first-order valence-corrected chi connectivity index (χ1v) is 7.66. The van der Waals surface area contributed by atoms with Gasteiger partial charge in [0.05, 0.1) is 17.5 Å². The van der Waals surface area contributed by atoms with Crippen molar-refractivity contribution in [3.8, 4) is 0 Å². The Morgan fingerprint density at radius 1 is 1.16 bits per heavy atom. The number of amides is 5. The molecule has 2 N–H and O–H groups in total. The van der Waals surface area contributed by atoms with Gasteiger partial charge in [0.1, 0.15) is 6.04 Å². The molecule has 0 radical (unpaired) electrons. The second kappa shape index (κ2) is 4.95. The minimum atomic E-state index is -1.87. The molecule has 1 aliphatic carbocycles. The molecular weight excluding hydrogens is 333 g/mol. The van der Waals surface area contributed by atoms with E-state index in [4.69, 9.17) is 0 Å². The number of carbonyl (C=O) groups excluding carboxylic acids is 5. The van der Waals surface area contributed by atoms with Crippen LogP contribution in [-0.2, 0) is 14.4 Å². The van der Waals surface area contributed by atoms with Gasteiger partial charge in [0.25, 0.3) is 17.7 Å². The Kier molecular flexibility index (Phi) is 3.05. The Balaban J connectivity index is 1.61. The minimum absolute atomic E-state index is 0.00125. The summed E-state index contributed by atoms with van der Waals surface area (Å²) in [6.07, 6.45) is 0.0256. The van der Waals surface area contributed by atoms with Crippen LogP contribution >= 0.6 is 0 Å². The van der Waals surface area contributed by atoms with Crippen molar-refractivity contribution in [2.24, 2.45) is 0 Å². The van der Waals surface area contributed by atoms with Gasteiger partial charge in [0.15, 0.2) is 5.67 Å². The zero-order valence-electron chi connectivity index (χ0n) is 12.8. The molecule has 1 atom stereocenters. The van der Waals surface area contributed by atoms with Crippen LogP contribution in [0.3, 0.4) is 0 Å². The van der Waals surface area contributed by atoms with Gasteiger partial charge in [-0.25, -0.2) is 4.39 Å². The number of anilines is 1. The molecule has 5 amide bonds. The number of halogens is 1. The van der Waals surface area contributed by atoms with Crippen LogP contribution < -0.4 is 10.6 Å². The van der Waals surface area contributed by atoms with Gasteiger partial charge < -0.3 is 5.32 Å². The summed E-state index contributed by atoms with van der Waals surface area (Å²) >= 11 is 0. The van der Waals surface area contributed by atoms with Gasteiger partial charge in [0.2, 0.25) is 11.8 Å². The summed E-state index contributed by atoms with van der Waals surface area (Å²) in [4.78, 5) is 60.5. The molecule has 25 heavy (non-hydrogen) atoms. The predicted molar refractivity (Wildman–Crippen MR) is 80.2 cm³/mol. The van der Waals surface area contributed by atoms with Gasteiger partial charge in [-0.15, -0.1) is 0 Å². The van der Waals surface area contributed by atoms with Gasteiger partial charge in [-0.05, 0) is 31.0 Å². The van der Waals surface area contributed by atoms with E-state index in [0.29, 0.717) is 0 Å². The topological polar surface area (TPSA) is 113 Å². The molecule has 1 saturated heterocycles. The predicted octanol–water partition coefficient (Wildman–Crippen LogP) is 0.138. The van der Waals surface area contributed by atoms with E-state index in [1.807, 2.05) is 0 Å². The van der Waals surface area contributed by atoms with Crippen LogP contribution in [0.5, 0.6) is 0 Å². The molecule has 2 heterocycles. The van der Waals surface area contributed by atoms with E-state index >= 15 is 0 Å². The highest BCUT2D eigenvalue weighted by Crippen LogP contribution is 2.41. The summed E-state index contributed by atoms with van der Waals surface area (Å²) in [5, 5.41) is 4.43. The molecule has 1 aromatic rings. The number of hydrogen-bond acceptors (Lipinski definition) is 5. The zero-order valence-corrected chi connectivity index (χ0v) is 12.8. The summed E-state index contributed by atoms with van der Waals surface area (Å²) in [6.45, 7) is 0. The van der Waals surface area contributed by atoms with Crippen LogP contribution in [0.25, 0.3) is 0 Å². The molecule has 0 spiro atoms. The van der Waals surface area contributed by atoms with Crippen molar-refractivity contribution in [3.05, 3.63) is 29.3 Å². The quantitative estimate of drug-likeness (QED) is 0.757. The third-order valence-electron chi connectivity index (χ3n) is 4.53. The fourth-order valence-electron chi connectivity index (χ4n) is 2.95. The van der Waals surface area contributed by atoms with E-state index in [1.54, 1.807) is 0 Å². The number of fused-ring (bicyclic) bond motifs is 1. The van der Waals surface area contributed by atoms with Crippen LogP contribution in [0, 0.1) is 0 Å². The highest BCUT2D eigenvalue weighted by molar-refractivity contribution is 6.24. The van der Waals surface area contributed by atoms with Gasteiger partial charge in [-0.1, -0.05) is 0 Å². The van der Waals surface area contributed by atoms with Crippen molar-refractivity contribution in [1.29, 1.82) is 0 Å². The highest BCUT2D eigenvalue weighted by Gasteiger charge is 2.51. The number of nitrogens with one attached hydrogen (secondary N) is 2. The lowest BCUT2D eigenvalue weighted by Gasteiger charge is -2.18. The van der Waals surface area contributed by atoms with Crippen LogP contribution in [0.2, 0.25) is 0 Å². The zero-order chi connectivity index (χ0) is 17.9. The van der Waals surface area contributed by atoms with E-state index in [2.05, 4.69) is 10.6 Å². The Hall–Kier alpha value is -3.10. The minimum Gasteiger partial charge on any atom is -0.323 e. The number of alkyl halides is 1. The Morgan fingerprint density at radius 2 is 1.84 bits per heavy atom. The third kappa shape index (κ3) is 2.31. The summed E-state index contributed by atoms with van der Waals surface area (Å²) in [5.74, 6) is -3.47. The number of benzene rings is 1. The van der Waals surface area contributed by atoms with Crippen LogP contribution in [0.4, 0.5) is 10.1 Å². The molecule has 2 fully saturated rings. The Bertz CT molecular complexity index is 877. The lowest BCUT2D eigenvalue weighted by molar-refractivity contribution is -0.126. The lowest BCUT2D eigenvalue weighted by atomic mass is 10.1. The van der Waals surface area contributed by atoms with Crippen molar-refractivity contribution >= 4 is 35.2 Å². The monoisotopic (exact) mass is 345 g/mol. The van der Waals surface area contributed by atoms with Gasteiger partial charge >= 0.3 is 0 Å². The third-order valence-corrected chi connectivity index (χ3v) is 4.53. The average molecular weight is 345 g/mol. The number of nitrogens with zero attached hydrogens (tertiary/aromatic N) is 1. The molecule has 0 bridgehead atoms. The number of imide groups is 2. The van der Waals surface area contributed by atoms with Crippen molar-refractivity contribution in [2.75, 3.05) is 5.32 Å². The molecule has 1 aromatic carbocycles. The molecule has 1 saturated carbocycles. The van der Waals surface area contributed by atoms with Crippen molar-refractivity contribution in [2.45, 2.75) is 31.0 Å². The van der Waals surface area contributed by atoms with E-state index in [1.165, 1.54) is 18.2 Å². The highest BCUT2D eigenvalue weighted by atomic mass is 19.1. The standard InChI is InChI=1S/C16H12FN3O5/c17-16(3-4-16)15(25)18-7-1-2-8-9(5-7)14(24)20(13(8)23)10-6-11(21)19-12(10)22/h1-2,5,10H,3-4,6H2,(H,18,25)(H,19,21,22). The molecule has 1 unspecified atom stereocenters. The van der Waals surface area contributed by atoms with Crippen molar-refractivity contribution in [1.82, 2.24) is 10.2 Å². The average Bonchev–Trinajstić information content (AvgIpc) is 3.17. The SMILES string of the molecule is O=C1CC(N2C(=O)c3ccc(NC(=O)C4(F)CC4)cc3C2=O)C(=O)N1. The maximum atomic E-state index is 13.7. The molecule has 4 rings (SSSR count). The van der Waals surface area contributed by atoms with E-state index < -0.39 is 41.2 Å². The Morgan fingerprint density at radius 3 is 2.44 bits per heavy atom. The van der Waals surface area contributed by atoms with Gasteiger partial charge in [0, 0.05) is 5.69 Å². The van der Waals surface area contributed by atoms with Gasteiger partial charge in [-0.3, -0.25) is 34.2 Å². The molecule has 128 valence electrons. The summed E-state index contributed by atoms with van der Waals surface area (Å²) < 4.78 is 13.7. The van der Waals surface area contributed by atoms with Crippen LogP contribution in [-0.4, -0.2) is 46.1 Å². The normalized spacial score (nSPS) is 23.6. The van der Waals surface area contributed by atoms with Gasteiger partial charge in [-0.2, -0.15) is 0 Å². The second-order valence-corrected chi connectivity index (χ2v) is 6.29. The smallest absolute Gasteiger partial charge is 0.262 e. The summed E-state index contributed by atoms with van der Waals surface area (Å²) in [7, 11) is 0. The van der Waals surface area contributed by atoms with Crippen molar-refractivity contribution in [3.63, 3.8) is 0 Å². The molecular formula is C16H12FN3O5. The Labute approximate surface area is 140 Å². The number of carbonyl (C=O) groups is 5.